The number of aryl methyl sites for hydroxylation is 1. The summed E-state index contributed by atoms with van der Waals surface area (Å²) in [5.74, 6) is -7.07. The lowest BCUT2D eigenvalue weighted by Gasteiger charge is -2.12. The van der Waals surface area contributed by atoms with Gasteiger partial charge < -0.3 is 9.53 Å². The maximum Gasteiger partial charge on any atom is 0.194 e. The Labute approximate surface area is 160 Å². The zero-order valence-corrected chi connectivity index (χ0v) is 15.4. The Hall–Kier alpha value is -2.44. The van der Waals surface area contributed by atoms with Gasteiger partial charge in [0.05, 0.1) is 0 Å². The number of halogens is 5. The largest absolute Gasteiger partial charge is 0.483 e. The van der Waals surface area contributed by atoms with Crippen molar-refractivity contribution < 1.29 is 31.5 Å². The van der Waals surface area contributed by atoms with E-state index in [1.54, 1.807) is 0 Å². The summed E-state index contributed by atoms with van der Waals surface area (Å²) in [5.41, 5.74) is 0.317. The molecule has 0 aliphatic rings. The van der Waals surface area contributed by atoms with Crippen LogP contribution >= 0.6 is 0 Å². The van der Waals surface area contributed by atoms with Crippen molar-refractivity contribution in [2.24, 2.45) is 5.92 Å². The first kappa shape index (κ1) is 21.9. The molecule has 0 saturated heterocycles. The van der Waals surface area contributed by atoms with Crippen molar-refractivity contribution in [1.82, 2.24) is 0 Å². The van der Waals surface area contributed by atoms with E-state index < -0.39 is 41.4 Å². The van der Waals surface area contributed by atoms with Crippen LogP contribution in [0.15, 0.2) is 24.3 Å². The second kappa shape index (κ2) is 10.2. The van der Waals surface area contributed by atoms with Crippen molar-refractivity contribution in [1.29, 1.82) is 0 Å². The molecule has 0 N–H and O–H groups in total. The molecule has 28 heavy (non-hydrogen) atoms. The molecule has 1 unspecified atom stereocenters. The van der Waals surface area contributed by atoms with Gasteiger partial charge in [0.2, 0.25) is 0 Å². The summed E-state index contributed by atoms with van der Waals surface area (Å²) >= 11 is 0. The average molecular weight is 400 g/mol. The van der Waals surface area contributed by atoms with Crippen molar-refractivity contribution in [2.75, 3.05) is 0 Å². The lowest BCUT2D eigenvalue weighted by Crippen LogP contribution is -2.04. The monoisotopic (exact) mass is 400 g/mol. The molecule has 0 radical (unpaired) electrons. The molecule has 2 aromatic rings. The Kier molecular flexibility index (Phi) is 7.96. The molecule has 0 fully saturated rings. The van der Waals surface area contributed by atoms with Crippen LogP contribution in [0, 0.1) is 35.0 Å². The van der Waals surface area contributed by atoms with E-state index in [9.17, 15) is 26.7 Å². The number of aldehydes is 1. The van der Waals surface area contributed by atoms with Gasteiger partial charge in [0.15, 0.2) is 34.8 Å². The zero-order valence-electron chi connectivity index (χ0n) is 15.4. The average Bonchev–Trinajstić information content (AvgIpc) is 2.64. The molecular weight excluding hydrogens is 379 g/mol. The minimum atomic E-state index is -1.62. The summed E-state index contributed by atoms with van der Waals surface area (Å²) in [7, 11) is 0. The van der Waals surface area contributed by atoms with Crippen molar-refractivity contribution in [3.8, 4) is 5.75 Å². The summed E-state index contributed by atoms with van der Waals surface area (Å²) in [6.07, 6.45) is 4.22. The fourth-order valence-corrected chi connectivity index (χ4v) is 2.96. The topological polar surface area (TPSA) is 26.3 Å². The zero-order chi connectivity index (χ0) is 20.7. The molecule has 0 aromatic heterocycles. The Morgan fingerprint density at radius 1 is 0.893 bits per heavy atom. The van der Waals surface area contributed by atoms with Gasteiger partial charge in [0, 0.05) is 5.92 Å². The van der Waals surface area contributed by atoms with E-state index in [2.05, 4.69) is 0 Å². The molecule has 1 atom stereocenters. The third-order valence-electron chi connectivity index (χ3n) is 4.38. The van der Waals surface area contributed by atoms with Gasteiger partial charge in [-0.25, -0.2) is 22.0 Å². The van der Waals surface area contributed by atoms with E-state index >= 15 is 0 Å². The van der Waals surface area contributed by atoms with Gasteiger partial charge in [-0.2, -0.15) is 0 Å². The molecule has 0 amide bonds. The SMILES string of the molecule is CCCC(C=O)CCCc1cc(F)c(OCc2cc(F)c(F)c(F)c2)c(F)c1. The van der Waals surface area contributed by atoms with Crippen LogP contribution in [0.1, 0.15) is 43.7 Å². The number of carbonyl (C=O) groups is 1. The number of rotatable bonds is 10. The number of carbonyl (C=O) groups excluding carboxylic acids is 1. The van der Waals surface area contributed by atoms with Crippen LogP contribution in [-0.4, -0.2) is 6.29 Å². The molecule has 0 bridgehead atoms. The molecule has 0 aliphatic carbocycles. The third-order valence-corrected chi connectivity index (χ3v) is 4.38. The highest BCUT2D eigenvalue weighted by Gasteiger charge is 2.15. The van der Waals surface area contributed by atoms with Crippen LogP contribution in [0.25, 0.3) is 0 Å². The van der Waals surface area contributed by atoms with Crippen molar-refractivity contribution >= 4 is 6.29 Å². The summed E-state index contributed by atoms with van der Waals surface area (Å²) in [4.78, 5) is 10.9. The van der Waals surface area contributed by atoms with Gasteiger partial charge in [-0.05, 0) is 61.1 Å². The number of hydrogen-bond acceptors (Lipinski definition) is 2. The molecule has 2 nitrogen and oxygen atoms in total. The summed E-state index contributed by atoms with van der Waals surface area (Å²) < 4.78 is 72.7. The predicted molar refractivity (Wildman–Crippen MR) is 94.4 cm³/mol. The van der Waals surface area contributed by atoms with Crippen LogP contribution in [0.5, 0.6) is 5.75 Å². The molecule has 152 valence electrons. The van der Waals surface area contributed by atoms with Crippen molar-refractivity contribution in [3.63, 3.8) is 0 Å². The first-order chi connectivity index (χ1) is 13.3. The van der Waals surface area contributed by atoms with E-state index in [1.807, 2.05) is 6.92 Å². The Bertz CT molecular complexity index is 776. The van der Waals surface area contributed by atoms with E-state index in [0.717, 1.165) is 31.3 Å². The van der Waals surface area contributed by atoms with E-state index in [0.29, 0.717) is 37.0 Å². The van der Waals surface area contributed by atoms with Crippen molar-refractivity contribution in [3.05, 3.63) is 64.5 Å². The molecule has 0 saturated carbocycles. The Morgan fingerprint density at radius 2 is 1.46 bits per heavy atom. The van der Waals surface area contributed by atoms with E-state index in [1.165, 1.54) is 0 Å². The highest BCUT2D eigenvalue weighted by Crippen LogP contribution is 2.26. The Balaban J connectivity index is 2.00. The van der Waals surface area contributed by atoms with Gasteiger partial charge in [-0.3, -0.25) is 0 Å². The van der Waals surface area contributed by atoms with Gasteiger partial charge in [0.1, 0.15) is 12.9 Å². The number of ether oxygens (including phenoxy) is 1. The quantitative estimate of drug-likeness (QED) is 0.282. The second-order valence-corrected chi connectivity index (χ2v) is 6.63. The van der Waals surface area contributed by atoms with Gasteiger partial charge in [-0.1, -0.05) is 13.3 Å². The molecule has 0 spiro atoms. The highest BCUT2D eigenvalue weighted by atomic mass is 19.2. The minimum absolute atomic E-state index is 0.0567. The van der Waals surface area contributed by atoms with Crippen LogP contribution in [-0.2, 0) is 17.8 Å². The summed E-state index contributed by atoms with van der Waals surface area (Å²) in [6, 6.07) is 3.64. The lowest BCUT2D eigenvalue weighted by atomic mass is 9.97. The molecule has 0 heterocycles. The molecule has 7 heteroatoms. The van der Waals surface area contributed by atoms with Gasteiger partial charge in [-0.15, -0.1) is 0 Å². The summed E-state index contributed by atoms with van der Waals surface area (Å²) in [6.45, 7) is 1.45. The van der Waals surface area contributed by atoms with Gasteiger partial charge in [0.25, 0.3) is 0 Å². The Morgan fingerprint density at radius 3 is 2.00 bits per heavy atom. The van der Waals surface area contributed by atoms with Gasteiger partial charge >= 0.3 is 0 Å². The molecule has 2 aromatic carbocycles. The first-order valence-electron chi connectivity index (χ1n) is 9.05. The normalized spacial score (nSPS) is 12.1. The highest BCUT2D eigenvalue weighted by molar-refractivity contribution is 5.53. The van der Waals surface area contributed by atoms with Crippen LogP contribution in [0.4, 0.5) is 22.0 Å². The first-order valence-corrected chi connectivity index (χ1v) is 9.05. The minimum Gasteiger partial charge on any atom is -0.483 e. The van der Waals surface area contributed by atoms with Crippen molar-refractivity contribution in [2.45, 2.75) is 45.6 Å². The second-order valence-electron chi connectivity index (χ2n) is 6.63. The fourth-order valence-electron chi connectivity index (χ4n) is 2.96. The lowest BCUT2D eigenvalue weighted by molar-refractivity contribution is -0.111. The number of hydrogen-bond donors (Lipinski definition) is 0. The standard InChI is InChI=1S/C21H21F5O2/c1-2-4-13(11-27)5-3-6-14-7-18(24)21(19(25)8-14)28-12-15-9-16(22)20(26)17(23)10-15/h7-11,13H,2-6,12H2,1H3. The molecular formula is C21H21F5O2. The van der Waals surface area contributed by atoms with E-state index in [4.69, 9.17) is 4.74 Å². The molecule has 0 aliphatic heterocycles. The maximum atomic E-state index is 14.2. The fraction of sp³-hybridized carbons (Fsp3) is 0.381. The maximum absolute atomic E-state index is 14.2. The van der Waals surface area contributed by atoms with E-state index in [-0.39, 0.29) is 11.5 Å². The number of benzene rings is 2. The van der Waals surface area contributed by atoms with Crippen LogP contribution in [0.3, 0.4) is 0 Å². The van der Waals surface area contributed by atoms with Crippen LogP contribution < -0.4 is 4.74 Å². The summed E-state index contributed by atoms with van der Waals surface area (Å²) in [5, 5.41) is 0. The third kappa shape index (κ3) is 5.78. The smallest absolute Gasteiger partial charge is 0.194 e. The predicted octanol–water partition coefficient (Wildman–Crippen LogP) is 5.90. The van der Waals surface area contributed by atoms with Crippen LogP contribution in [0.2, 0.25) is 0 Å². The molecule has 2 rings (SSSR count).